The highest BCUT2D eigenvalue weighted by Crippen LogP contribution is 2.41. The molecule has 2 N–H and O–H groups in total. The van der Waals surface area contributed by atoms with Gasteiger partial charge in [-0.2, -0.15) is 0 Å². The summed E-state index contributed by atoms with van der Waals surface area (Å²) in [5.74, 6) is 2.41. The van der Waals surface area contributed by atoms with Crippen LogP contribution in [0.3, 0.4) is 0 Å². The van der Waals surface area contributed by atoms with Crippen molar-refractivity contribution in [3.05, 3.63) is 59.7 Å². The van der Waals surface area contributed by atoms with Crippen molar-refractivity contribution in [3.63, 3.8) is 0 Å². The first kappa shape index (κ1) is 26.3. The SMILES string of the molecule is COc1ccc(COc2cccc(OCC3CC3)c2-c2cc(OC(=O)N3CCCCC3)c(C=O)c(N)n2)cc1. The zero-order valence-corrected chi connectivity index (χ0v) is 22.1. The third kappa shape index (κ3) is 6.42. The van der Waals surface area contributed by atoms with Crippen LogP contribution in [0.1, 0.15) is 48.0 Å². The molecule has 1 aromatic heterocycles. The fourth-order valence-electron chi connectivity index (χ4n) is 4.50. The lowest BCUT2D eigenvalue weighted by atomic mass is 10.1. The number of rotatable bonds is 10. The summed E-state index contributed by atoms with van der Waals surface area (Å²) >= 11 is 0. The number of hydrogen-bond acceptors (Lipinski definition) is 8. The topological polar surface area (TPSA) is 113 Å². The molecular formula is C30H33N3O6. The van der Waals surface area contributed by atoms with Crippen LogP contribution in [0.25, 0.3) is 11.3 Å². The summed E-state index contributed by atoms with van der Waals surface area (Å²) in [4.78, 5) is 30.9. The summed E-state index contributed by atoms with van der Waals surface area (Å²) in [5, 5.41) is 0. The van der Waals surface area contributed by atoms with E-state index in [9.17, 15) is 9.59 Å². The number of pyridine rings is 1. The molecule has 2 aliphatic rings. The van der Waals surface area contributed by atoms with Crippen molar-refractivity contribution in [1.29, 1.82) is 0 Å². The number of nitrogens with zero attached hydrogens (tertiary/aromatic N) is 2. The summed E-state index contributed by atoms with van der Waals surface area (Å²) in [5.41, 5.74) is 8.15. The molecule has 5 rings (SSSR count). The second-order valence-corrected chi connectivity index (χ2v) is 9.86. The van der Waals surface area contributed by atoms with Gasteiger partial charge in [-0.05, 0) is 67.9 Å². The van der Waals surface area contributed by atoms with Gasteiger partial charge in [-0.25, -0.2) is 9.78 Å². The highest BCUT2D eigenvalue weighted by molar-refractivity contribution is 5.90. The molecule has 0 atom stereocenters. The van der Waals surface area contributed by atoms with Crippen LogP contribution in [0, 0.1) is 5.92 Å². The fraction of sp³-hybridized carbons (Fsp3) is 0.367. The number of nitrogen functional groups attached to an aromatic ring is 1. The third-order valence-corrected chi connectivity index (χ3v) is 6.95. The van der Waals surface area contributed by atoms with E-state index in [0.29, 0.717) is 61.3 Å². The molecule has 0 unspecified atom stereocenters. The van der Waals surface area contributed by atoms with E-state index in [4.69, 9.17) is 24.7 Å². The molecule has 1 aliphatic carbocycles. The van der Waals surface area contributed by atoms with Crippen LogP contribution in [0.2, 0.25) is 0 Å². The van der Waals surface area contributed by atoms with Crippen molar-refractivity contribution in [1.82, 2.24) is 9.88 Å². The number of aldehydes is 1. The molecule has 1 saturated carbocycles. The van der Waals surface area contributed by atoms with Gasteiger partial charge in [0, 0.05) is 19.2 Å². The van der Waals surface area contributed by atoms with Gasteiger partial charge in [0.1, 0.15) is 35.4 Å². The van der Waals surface area contributed by atoms with E-state index in [0.717, 1.165) is 43.4 Å². The first-order valence-corrected chi connectivity index (χ1v) is 13.3. The molecule has 39 heavy (non-hydrogen) atoms. The number of piperidine rings is 1. The van der Waals surface area contributed by atoms with Gasteiger partial charge in [0.2, 0.25) is 0 Å². The summed E-state index contributed by atoms with van der Waals surface area (Å²) in [6.07, 6.45) is 5.23. The van der Waals surface area contributed by atoms with Gasteiger partial charge < -0.3 is 29.6 Å². The fourth-order valence-corrected chi connectivity index (χ4v) is 4.50. The summed E-state index contributed by atoms with van der Waals surface area (Å²) in [7, 11) is 1.62. The highest BCUT2D eigenvalue weighted by atomic mass is 16.6. The first-order valence-electron chi connectivity index (χ1n) is 13.3. The Kier molecular flexibility index (Phi) is 8.15. The van der Waals surface area contributed by atoms with E-state index in [2.05, 4.69) is 4.98 Å². The lowest BCUT2D eigenvalue weighted by Crippen LogP contribution is -2.37. The van der Waals surface area contributed by atoms with E-state index in [1.54, 1.807) is 18.1 Å². The smallest absolute Gasteiger partial charge is 0.415 e. The van der Waals surface area contributed by atoms with Crippen LogP contribution < -0.4 is 24.7 Å². The maximum atomic E-state index is 12.9. The van der Waals surface area contributed by atoms with Crippen molar-refractivity contribution < 1.29 is 28.5 Å². The Balaban J connectivity index is 1.48. The van der Waals surface area contributed by atoms with Gasteiger partial charge in [-0.3, -0.25) is 4.79 Å². The number of benzene rings is 2. The number of methoxy groups -OCH3 is 1. The van der Waals surface area contributed by atoms with Crippen molar-refractivity contribution >= 4 is 18.2 Å². The first-order chi connectivity index (χ1) is 19.1. The Morgan fingerprint density at radius 3 is 2.41 bits per heavy atom. The van der Waals surface area contributed by atoms with E-state index < -0.39 is 6.09 Å². The van der Waals surface area contributed by atoms with Gasteiger partial charge >= 0.3 is 6.09 Å². The maximum absolute atomic E-state index is 12.9. The number of likely N-dealkylation sites (tertiary alicyclic amines) is 1. The summed E-state index contributed by atoms with van der Waals surface area (Å²) in [6, 6.07) is 14.7. The average Bonchev–Trinajstić information content (AvgIpc) is 3.80. The lowest BCUT2D eigenvalue weighted by Gasteiger charge is -2.26. The van der Waals surface area contributed by atoms with E-state index in [-0.39, 0.29) is 17.1 Å². The lowest BCUT2D eigenvalue weighted by molar-refractivity contribution is 0.111. The molecule has 2 heterocycles. The summed E-state index contributed by atoms with van der Waals surface area (Å²) < 4.78 is 23.4. The molecule has 9 nitrogen and oxygen atoms in total. The Hall–Kier alpha value is -4.27. The van der Waals surface area contributed by atoms with E-state index in [1.807, 2.05) is 42.5 Å². The molecule has 0 bridgehead atoms. The standard InChI is InChI=1S/C30H33N3O6/c1-36-22-12-10-21(11-13-22)19-38-26-7-5-6-25(37-18-20-8-9-20)28(26)24-16-27(23(17-34)29(31)32-24)39-30(35)33-14-3-2-4-15-33/h5-7,10-13,16-17,20H,2-4,8-9,14-15,18-19H2,1H3,(H2,31,32). The Labute approximate surface area is 227 Å². The molecule has 3 aromatic rings. The Morgan fingerprint density at radius 1 is 1.03 bits per heavy atom. The molecule has 2 aromatic carbocycles. The minimum Gasteiger partial charge on any atom is -0.497 e. The number of ether oxygens (including phenoxy) is 4. The van der Waals surface area contributed by atoms with Crippen LogP contribution >= 0.6 is 0 Å². The van der Waals surface area contributed by atoms with Gasteiger partial charge in [-0.15, -0.1) is 0 Å². The van der Waals surface area contributed by atoms with Crippen LogP contribution in [0.5, 0.6) is 23.0 Å². The number of carbonyl (C=O) groups is 2. The molecule has 0 spiro atoms. The molecular weight excluding hydrogens is 498 g/mol. The molecule has 1 aliphatic heterocycles. The number of hydrogen-bond donors (Lipinski definition) is 1. The van der Waals surface area contributed by atoms with E-state index in [1.165, 1.54) is 0 Å². The number of aromatic nitrogens is 1. The van der Waals surface area contributed by atoms with Gasteiger partial charge in [0.15, 0.2) is 6.29 Å². The van der Waals surface area contributed by atoms with Gasteiger partial charge in [-0.1, -0.05) is 18.2 Å². The van der Waals surface area contributed by atoms with Crippen molar-refractivity contribution in [2.24, 2.45) is 5.92 Å². The third-order valence-electron chi connectivity index (χ3n) is 6.95. The van der Waals surface area contributed by atoms with Crippen LogP contribution in [-0.2, 0) is 6.61 Å². The zero-order chi connectivity index (χ0) is 27.2. The van der Waals surface area contributed by atoms with Crippen molar-refractivity contribution in [3.8, 4) is 34.3 Å². The van der Waals surface area contributed by atoms with Gasteiger partial charge in [0.05, 0.1) is 30.5 Å². The quantitative estimate of drug-likeness (QED) is 0.341. The second kappa shape index (κ2) is 12.1. The molecule has 1 amide bonds. The van der Waals surface area contributed by atoms with Crippen LogP contribution in [-0.4, -0.2) is 49.1 Å². The molecule has 1 saturated heterocycles. The average molecular weight is 532 g/mol. The number of anilines is 1. The number of amides is 1. The minimum absolute atomic E-state index is 0.0289. The van der Waals surface area contributed by atoms with Gasteiger partial charge in [0.25, 0.3) is 0 Å². The second-order valence-electron chi connectivity index (χ2n) is 9.86. The number of nitrogens with two attached hydrogens (primary N) is 1. The minimum atomic E-state index is -0.511. The molecule has 0 radical (unpaired) electrons. The Morgan fingerprint density at radius 2 is 1.74 bits per heavy atom. The summed E-state index contributed by atoms with van der Waals surface area (Å²) in [6.45, 7) is 2.10. The van der Waals surface area contributed by atoms with Crippen LogP contribution in [0.15, 0.2) is 48.5 Å². The largest absolute Gasteiger partial charge is 0.497 e. The van der Waals surface area contributed by atoms with Crippen molar-refractivity contribution in [2.45, 2.75) is 38.7 Å². The maximum Gasteiger partial charge on any atom is 0.415 e. The molecule has 204 valence electrons. The number of carbonyl (C=O) groups excluding carboxylic acids is 2. The van der Waals surface area contributed by atoms with Crippen molar-refractivity contribution in [2.75, 3.05) is 32.5 Å². The predicted molar refractivity (Wildman–Crippen MR) is 146 cm³/mol. The molecule has 2 fully saturated rings. The Bertz CT molecular complexity index is 1320. The normalized spacial score (nSPS) is 14.9. The van der Waals surface area contributed by atoms with E-state index >= 15 is 0 Å². The van der Waals surface area contributed by atoms with Crippen LogP contribution in [0.4, 0.5) is 10.6 Å². The monoisotopic (exact) mass is 531 g/mol. The zero-order valence-electron chi connectivity index (χ0n) is 22.1. The predicted octanol–water partition coefficient (Wildman–Crippen LogP) is 5.50. The molecule has 9 heteroatoms. The highest BCUT2D eigenvalue weighted by Gasteiger charge is 2.26.